The van der Waals surface area contributed by atoms with Crippen LogP contribution in [0.25, 0.3) is 28.4 Å². The molecule has 4 heteroatoms. The number of aromatic nitrogens is 4. The van der Waals surface area contributed by atoms with E-state index in [2.05, 4.69) is 11.1 Å². The van der Waals surface area contributed by atoms with E-state index in [-0.39, 0.29) is 5.69 Å². The first-order valence-electron chi connectivity index (χ1n) is 12.3. The maximum absolute atomic E-state index is 8.21. The van der Waals surface area contributed by atoms with Gasteiger partial charge in [0.1, 0.15) is 12.7 Å². The van der Waals surface area contributed by atoms with Crippen LogP contribution in [0.3, 0.4) is 0 Å². The van der Waals surface area contributed by atoms with Crippen molar-refractivity contribution in [3.8, 4) is 22.6 Å². The Balaban J connectivity index is 2.06. The van der Waals surface area contributed by atoms with Crippen LogP contribution in [-0.4, -0.2) is 14.0 Å². The summed E-state index contributed by atoms with van der Waals surface area (Å²) in [6.07, 6.45) is 1.87. The van der Waals surface area contributed by atoms with Crippen molar-refractivity contribution in [1.29, 1.82) is 0 Å². The van der Waals surface area contributed by atoms with Gasteiger partial charge in [0.05, 0.1) is 5.69 Å². The molecular formula is C24H29N4+. The molecule has 0 aliphatic heterocycles. The van der Waals surface area contributed by atoms with Crippen molar-refractivity contribution < 1.29 is 12.8 Å². The summed E-state index contributed by atoms with van der Waals surface area (Å²) in [6, 6.07) is 7.75. The van der Waals surface area contributed by atoms with E-state index in [0.29, 0.717) is 22.7 Å². The van der Waals surface area contributed by atoms with Crippen molar-refractivity contribution in [3.63, 3.8) is 0 Å². The zero-order valence-corrected chi connectivity index (χ0v) is 17.2. The van der Waals surface area contributed by atoms with E-state index in [9.17, 15) is 0 Å². The molecule has 0 aliphatic rings. The predicted octanol–water partition coefficient (Wildman–Crippen LogP) is 4.68. The lowest BCUT2D eigenvalue weighted by molar-refractivity contribution is -0.650. The van der Waals surface area contributed by atoms with E-state index in [0.717, 1.165) is 33.6 Å². The van der Waals surface area contributed by atoms with Crippen LogP contribution in [0.4, 0.5) is 0 Å². The van der Waals surface area contributed by atoms with Crippen molar-refractivity contribution in [1.82, 2.24) is 14.0 Å². The minimum atomic E-state index is -2.30. The Morgan fingerprint density at radius 2 is 1.75 bits per heavy atom. The number of hydrogen-bond acceptors (Lipinski definition) is 1. The van der Waals surface area contributed by atoms with E-state index in [1.165, 1.54) is 0 Å². The average Bonchev–Trinajstić information content (AvgIpc) is 3.19. The smallest absolute Gasteiger partial charge is 0.233 e. The highest BCUT2D eigenvalue weighted by molar-refractivity contribution is 5.68. The topological polar surface area (TPSA) is 26.1 Å². The molecule has 0 fully saturated rings. The molecule has 0 saturated heterocycles. The summed E-state index contributed by atoms with van der Waals surface area (Å²) in [5.41, 5.74) is 6.99. The number of hydrogen-bond donors (Lipinski definition) is 0. The lowest BCUT2D eigenvalue weighted by Gasteiger charge is -2.13. The van der Waals surface area contributed by atoms with Crippen LogP contribution >= 0.6 is 0 Å². The quantitative estimate of drug-likeness (QED) is 0.464. The first-order chi connectivity index (χ1) is 15.6. The lowest BCUT2D eigenvalue weighted by Crippen LogP contribution is -2.36. The summed E-state index contributed by atoms with van der Waals surface area (Å²) in [5.74, 6) is 0.519. The number of pyridine rings is 1. The van der Waals surface area contributed by atoms with Crippen LogP contribution in [0.15, 0.2) is 30.5 Å². The Morgan fingerprint density at radius 1 is 0.964 bits per heavy atom. The normalized spacial score (nSPS) is 15.6. The fourth-order valence-electron chi connectivity index (χ4n) is 4.12. The first kappa shape index (κ1) is 12.6. The van der Waals surface area contributed by atoms with E-state index in [1.54, 1.807) is 17.4 Å². The standard InChI is InChI=1S/C24H29N4/c1-14-9-10-20(15(2)11-14)22-16(3)12-17(4)23(27(22)8)21-13-28-19(6)18(5)25-24(28)26(21)7/h9-13H,1-8H3/q+1/i3D3,5D3. The molecule has 1 aromatic carbocycles. The summed E-state index contributed by atoms with van der Waals surface area (Å²) < 4.78 is 53.5. The van der Waals surface area contributed by atoms with E-state index >= 15 is 0 Å². The van der Waals surface area contributed by atoms with Crippen molar-refractivity contribution in [2.45, 2.75) is 41.4 Å². The van der Waals surface area contributed by atoms with Crippen molar-refractivity contribution in [2.24, 2.45) is 14.1 Å². The largest absolute Gasteiger partial charge is 0.308 e. The maximum Gasteiger partial charge on any atom is 0.233 e. The second-order valence-electron chi connectivity index (χ2n) is 7.60. The van der Waals surface area contributed by atoms with E-state index in [1.807, 2.05) is 62.3 Å². The molecule has 0 bridgehead atoms. The second kappa shape index (κ2) is 6.33. The highest BCUT2D eigenvalue weighted by Crippen LogP contribution is 2.30. The molecule has 0 atom stereocenters. The highest BCUT2D eigenvalue weighted by Gasteiger charge is 2.26. The SMILES string of the molecule is [2H]C([2H])([2H])c1cc(C)c(-c2cn3c(C)c(C([2H])([2H])[2H])nc3n2C)[n+](C)c1-c1ccc(C)cc1C. The Kier molecular flexibility index (Phi) is 2.84. The molecule has 3 heterocycles. The Labute approximate surface area is 175 Å². The summed E-state index contributed by atoms with van der Waals surface area (Å²) in [5, 5.41) is 0. The molecule has 3 aromatic heterocycles. The van der Waals surface area contributed by atoms with Crippen molar-refractivity contribution in [3.05, 3.63) is 64.1 Å². The maximum atomic E-state index is 8.21. The predicted molar refractivity (Wildman–Crippen MR) is 115 cm³/mol. The molecule has 28 heavy (non-hydrogen) atoms. The Morgan fingerprint density at radius 3 is 2.39 bits per heavy atom. The van der Waals surface area contributed by atoms with Gasteiger partial charge in [0.2, 0.25) is 17.2 Å². The van der Waals surface area contributed by atoms with Gasteiger partial charge in [-0.2, -0.15) is 4.57 Å². The zero-order chi connectivity index (χ0) is 25.3. The van der Waals surface area contributed by atoms with Crippen LogP contribution < -0.4 is 4.57 Å². The van der Waals surface area contributed by atoms with Crippen LogP contribution in [0.2, 0.25) is 0 Å². The number of nitrogens with zero attached hydrogens (tertiary/aromatic N) is 4. The molecule has 0 unspecified atom stereocenters. The zero-order valence-electron chi connectivity index (χ0n) is 23.2. The van der Waals surface area contributed by atoms with E-state index in [4.69, 9.17) is 8.22 Å². The molecule has 4 nitrogen and oxygen atoms in total. The monoisotopic (exact) mass is 379 g/mol. The number of aryl methyl sites for hydroxylation is 7. The summed E-state index contributed by atoms with van der Waals surface area (Å²) in [7, 11) is 3.72. The summed E-state index contributed by atoms with van der Waals surface area (Å²) in [6.45, 7) is 3.05. The molecule has 0 N–H and O–H groups in total. The Bertz CT molecular complexity index is 1440. The first-order valence-corrected chi connectivity index (χ1v) is 9.30. The summed E-state index contributed by atoms with van der Waals surface area (Å²) in [4.78, 5) is 4.41. The van der Waals surface area contributed by atoms with Gasteiger partial charge in [0.15, 0.2) is 0 Å². The third-order valence-electron chi connectivity index (χ3n) is 5.58. The van der Waals surface area contributed by atoms with Gasteiger partial charge in [0.25, 0.3) is 0 Å². The number of imidazole rings is 2. The highest BCUT2D eigenvalue weighted by atomic mass is 15.2. The fourth-order valence-corrected chi connectivity index (χ4v) is 4.12. The van der Waals surface area contributed by atoms with E-state index < -0.39 is 13.7 Å². The molecule has 0 amide bonds. The minimum Gasteiger partial charge on any atom is -0.308 e. The van der Waals surface area contributed by atoms with Gasteiger partial charge >= 0.3 is 0 Å². The van der Waals surface area contributed by atoms with Gasteiger partial charge in [-0.3, -0.25) is 4.40 Å². The molecule has 0 aliphatic carbocycles. The average molecular weight is 380 g/mol. The van der Waals surface area contributed by atoms with Crippen LogP contribution in [-0.2, 0) is 14.1 Å². The number of rotatable bonds is 2. The van der Waals surface area contributed by atoms with Gasteiger partial charge in [-0.05, 0) is 59.1 Å². The van der Waals surface area contributed by atoms with Gasteiger partial charge in [-0.1, -0.05) is 17.7 Å². The van der Waals surface area contributed by atoms with Crippen molar-refractivity contribution >= 4 is 5.78 Å². The molecule has 0 spiro atoms. The summed E-state index contributed by atoms with van der Waals surface area (Å²) >= 11 is 0. The molecule has 4 aromatic rings. The molecule has 144 valence electrons. The minimum absolute atomic E-state index is 0.0828. The van der Waals surface area contributed by atoms with Gasteiger partial charge in [0, 0.05) is 43.9 Å². The van der Waals surface area contributed by atoms with Crippen LogP contribution in [0.5, 0.6) is 0 Å². The number of benzene rings is 1. The third-order valence-corrected chi connectivity index (χ3v) is 5.58. The molecular weight excluding hydrogens is 344 g/mol. The molecule has 4 rings (SSSR count). The second-order valence-corrected chi connectivity index (χ2v) is 7.60. The van der Waals surface area contributed by atoms with Gasteiger partial charge in [-0.15, -0.1) is 0 Å². The number of fused-ring (bicyclic) bond motifs is 1. The fraction of sp³-hybridized carbons (Fsp3) is 0.333. The van der Waals surface area contributed by atoms with Crippen LogP contribution in [0, 0.1) is 41.4 Å². The van der Waals surface area contributed by atoms with Gasteiger partial charge in [-0.25, -0.2) is 4.98 Å². The van der Waals surface area contributed by atoms with Gasteiger partial charge < -0.3 is 4.57 Å². The molecule has 0 saturated carbocycles. The Hall–Kier alpha value is -2.88. The molecule has 0 radical (unpaired) electrons. The van der Waals surface area contributed by atoms with Crippen LogP contribution in [0.1, 0.15) is 41.9 Å². The lowest BCUT2D eigenvalue weighted by atomic mass is 9.97. The van der Waals surface area contributed by atoms with Crippen molar-refractivity contribution in [2.75, 3.05) is 0 Å². The third kappa shape index (κ3) is 2.59.